The van der Waals surface area contributed by atoms with Gasteiger partial charge in [0, 0.05) is 12.6 Å². The van der Waals surface area contributed by atoms with Gasteiger partial charge in [-0.2, -0.15) is 0 Å². The van der Waals surface area contributed by atoms with E-state index in [1.54, 1.807) is 24.3 Å². The summed E-state index contributed by atoms with van der Waals surface area (Å²) in [6.45, 7) is 4.22. The van der Waals surface area contributed by atoms with Crippen molar-refractivity contribution in [3.63, 3.8) is 0 Å². The molecule has 2 atom stereocenters. The van der Waals surface area contributed by atoms with Gasteiger partial charge >= 0.3 is 0 Å². The lowest BCUT2D eigenvalue weighted by atomic mass is 10.0. The summed E-state index contributed by atoms with van der Waals surface area (Å²) in [5.74, 6) is 0.234. The zero-order valence-corrected chi connectivity index (χ0v) is 12.5. The molecule has 6 heteroatoms. The zero-order valence-electron chi connectivity index (χ0n) is 11.7. The molecule has 0 saturated carbocycles. The minimum Gasteiger partial charge on any atom is -0.326 e. The Bertz CT molecular complexity index is 581. The Morgan fingerprint density at radius 3 is 2.50 bits per heavy atom. The summed E-state index contributed by atoms with van der Waals surface area (Å²) in [5, 5.41) is 5.18. The monoisotopic (exact) mass is 296 g/mol. The second-order valence-corrected chi connectivity index (χ2v) is 7.45. The summed E-state index contributed by atoms with van der Waals surface area (Å²) in [5.41, 5.74) is 0.599. The number of piperidine rings is 1. The van der Waals surface area contributed by atoms with Crippen LogP contribution < -0.4 is 10.6 Å². The van der Waals surface area contributed by atoms with E-state index in [9.17, 15) is 13.2 Å². The number of carbonyl (C=O) groups excluding carboxylic acids is 1. The number of benzene rings is 1. The Balaban J connectivity index is 2.19. The lowest BCUT2D eigenvalue weighted by molar-refractivity contribution is -0.114. The van der Waals surface area contributed by atoms with Crippen molar-refractivity contribution in [2.75, 3.05) is 11.9 Å². The average molecular weight is 296 g/mol. The van der Waals surface area contributed by atoms with Crippen molar-refractivity contribution in [1.82, 2.24) is 5.32 Å². The SMILES string of the molecule is CC(=O)Nc1ccc(S(=O)(=O)[C@@H]2C[C@H](C)CCN2)cc1. The maximum absolute atomic E-state index is 12.5. The third kappa shape index (κ3) is 3.37. The smallest absolute Gasteiger partial charge is 0.221 e. The molecule has 20 heavy (non-hydrogen) atoms. The molecule has 2 N–H and O–H groups in total. The molecule has 0 aromatic heterocycles. The quantitative estimate of drug-likeness (QED) is 0.891. The first kappa shape index (κ1) is 15.0. The highest BCUT2D eigenvalue weighted by Gasteiger charge is 2.31. The molecular formula is C14H20N2O3S. The summed E-state index contributed by atoms with van der Waals surface area (Å²) in [7, 11) is -3.36. The highest BCUT2D eigenvalue weighted by atomic mass is 32.2. The van der Waals surface area contributed by atoms with Gasteiger partial charge in [-0.05, 0) is 49.6 Å². The number of anilines is 1. The van der Waals surface area contributed by atoms with Crippen LogP contribution in [-0.2, 0) is 14.6 Å². The Morgan fingerprint density at radius 1 is 1.30 bits per heavy atom. The van der Waals surface area contributed by atoms with Crippen LogP contribution in [0.3, 0.4) is 0 Å². The third-order valence-electron chi connectivity index (χ3n) is 3.50. The van der Waals surface area contributed by atoms with E-state index in [1.165, 1.54) is 6.92 Å². The minimum absolute atomic E-state index is 0.177. The number of hydrogen-bond acceptors (Lipinski definition) is 4. The van der Waals surface area contributed by atoms with Crippen molar-refractivity contribution in [1.29, 1.82) is 0 Å². The molecule has 0 spiro atoms. The Morgan fingerprint density at radius 2 is 1.95 bits per heavy atom. The normalized spacial score (nSPS) is 23.3. The van der Waals surface area contributed by atoms with Crippen LogP contribution >= 0.6 is 0 Å². The van der Waals surface area contributed by atoms with Crippen molar-refractivity contribution in [2.45, 2.75) is 37.0 Å². The molecule has 1 aromatic carbocycles. The van der Waals surface area contributed by atoms with Crippen molar-refractivity contribution in [3.8, 4) is 0 Å². The molecule has 1 heterocycles. The van der Waals surface area contributed by atoms with E-state index < -0.39 is 15.2 Å². The third-order valence-corrected chi connectivity index (χ3v) is 5.54. The number of rotatable bonds is 3. The predicted molar refractivity (Wildman–Crippen MR) is 78.1 cm³/mol. The topological polar surface area (TPSA) is 75.3 Å². The summed E-state index contributed by atoms with van der Waals surface area (Å²) in [4.78, 5) is 11.2. The predicted octanol–water partition coefficient (Wildman–Crippen LogP) is 1.76. The molecule has 2 rings (SSSR count). The van der Waals surface area contributed by atoms with Crippen molar-refractivity contribution in [3.05, 3.63) is 24.3 Å². The molecule has 1 aliphatic heterocycles. The van der Waals surface area contributed by atoms with Gasteiger partial charge in [-0.25, -0.2) is 8.42 Å². The number of nitrogens with one attached hydrogen (secondary N) is 2. The van der Waals surface area contributed by atoms with Crippen LogP contribution in [0.5, 0.6) is 0 Å². The van der Waals surface area contributed by atoms with Crippen LogP contribution in [0.4, 0.5) is 5.69 Å². The van der Waals surface area contributed by atoms with E-state index in [4.69, 9.17) is 0 Å². The highest BCUT2D eigenvalue weighted by molar-refractivity contribution is 7.92. The van der Waals surface area contributed by atoms with Gasteiger partial charge in [0.25, 0.3) is 0 Å². The summed E-state index contributed by atoms with van der Waals surface area (Å²) >= 11 is 0. The summed E-state index contributed by atoms with van der Waals surface area (Å²) in [6.07, 6.45) is 1.64. The largest absolute Gasteiger partial charge is 0.326 e. The fourth-order valence-electron chi connectivity index (χ4n) is 2.39. The molecule has 110 valence electrons. The van der Waals surface area contributed by atoms with Crippen LogP contribution in [0, 0.1) is 5.92 Å². The van der Waals surface area contributed by atoms with Gasteiger partial charge < -0.3 is 10.6 Å². The Labute approximate surface area is 119 Å². The van der Waals surface area contributed by atoms with Gasteiger partial charge in [-0.3, -0.25) is 4.79 Å². The number of sulfone groups is 1. The molecule has 1 aliphatic rings. The zero-order chi connectivity index (χ0) is 14.8. The van der Waals surface area contributed by atoms with Crippen molar-refractivity contribution < 1.29 is 13.2 Å². The Kier molecular flexibility index (Phi) is 4.45. The number of amides is 1. The first-order valence-electron chi connectivity index (χ1n) is 6.74. The van der Waals surface area contributed by atoms with E-state index in [-0.39, 0.29) is 5.91 Å². The lowest BCUT2D eigenvalue weighted by Crippen LogP contribution is -2.42. The highest BCUT2D eigenvalue weighted by Crippen LogP contribution is 2.25. The molecule has 0 aliphatic carbocycles. The van der Waals surface area contributed by atoms with Crippen LogP contribution in [0.2, 0.25) is 0 Å². The molecule has 1 aromatic rings. The molecular weight excluding hydrogens is 276 g/mol. The number of carbonyl (C=O) groups is 1. The van der Waals surface area contributed by atoms with E-state index in [0.29, 0.717) is 22.9 Å². The lowest BCUT2D eigenvalue weighted by Gasteiger charge is -2.27. The van der Waals surface area contributed by atoms with E-state index in [2.05, 4.69) is 17.6 Å². The first-order chi connectivity index (χ1) is 9.39. The van der Waals surface area contributed by atoms with Gasteiger partial charge in [0.2, 0.25) is 5.91 Å². The van der Waals surface area contributed by atoms with E-state index in [1.807, 2.05) is 0 Å². The average Bonchev–Trinajstić information content (AvgIpc) is 2.38. The first-order valence-corrected chi connectivity index (χ1v) is 8.29. The van der Waals surface area contributed by atoms with E-state index in [0.717, 1.165) is 13.0 Å². The van der Waals surface area contributed by atoms with E-state index >= 15 is 0 Å². The molecule has 1 saturated heterocycles. The van der Waals surface area contributed by atoms with Gasteiger partial charge in [0.05, 0.1) is 4.90 Å². The van der Waals surface area contributed by atoms with Gasteiger partial charge in [-0.15, -0.1) is 0 Å². The van der Waals surface area contributed by atoms with Crippen LogP contribution in [-0.4, -0.2) is 26.2 Å². The summed E-state index contributed by atoms with van der Waals surface area (Å²) in [6, 6.07) is 6.31. The van der Waals surface area contributed by atoms with Crippen LogP contribution in [0.1, 0.15) is 26.7 Å². The fourth-order valence-corrected chi connectivity index (χ4v) is 4.15. The summed E-state index contributed by atoms with van der Waals surface area (Å²) < 4.78 is 25.0. The Hall–Kier alpha value is -1.40. The molecule has 0 unspecified atom stereocenters. The van der Waals surface area contributed by atoms with Gasteiger partial charge in [-0.1, -0.05) is 6.92 Å². The van der Waals surface area contributed by atoms with Gasteiger partial charge in [0.1, 0.15) is 5.37 Å². The molecule has 0 radical (unpaired) electrons. The maximum Gasteiger partial charge on any atom is 0.221 e. The molecule has 0 bridgehead atoms. The minimum atomic E-state index is -3.36. The van der Waals surface area contributed by atoms with Gasteiger partial charge in [0.15, 0.2) is 9.84 Å². The van der Waals surface area contributed by atoms with Crippen LogP contribution in [0.15, 0.2) is 29.2 Å². The standard InChI is InChI=1S/C14H20N2O3S/c1-10-7-8-15-14(9-10)20(18,19)13-5-3-12(4-6-13)16-11(2)17/h3-6,10,14-15H,7-9H2,1-2H3,(H,16,17)/t10-,14-/m1/s1. The van der Waals surface area contributed by atoms with Crippen molar-refractivity contribution >= 4 is 21.4 Å². The molecule has 1 amide bonds. The number of hydrogen-bond donors (Lipinski definition) is 2. The second-order valence-electron chi connectivity index (χ2n) is 5.32. The molecule has 5 nitrogen and oxygen atoms in total. The fraction of sp³-hybridized carbons (Fsp3) is 0.500. The van der Waals surface area contributed by atoms with Crippen LogP contribution in [0.25, 0.3) is 0 Å². The van der Waals surface area contributed by atoms with Crippen molar-refractivity contribution in [2.24, 2.45) is 5.92 Å². The second kappa shape index (κ2) is 5.93. The maximum atomic E-state index is 12.5. The molecule has 1 fully saturated rings.